The topological polar surface area (TPSA) is 51.2 Å². The van der Waals surface area contributed by atoms with Gasteiger partial charge in [0.2, 0.25) is 0 Å². The third-order valence-electron chi connectivity index (χ3n) is 4.60. The van der Waals surface area contributed by atoms with Gasteiger partial charge in [0.15, 0.2) is 0 Å². The van der Waals surface area contributed by atoms with Crippen LogP contribution >= 0.6 is 11.3 Å². The van der Waals surface area contributed by atoms with Gasteiger partial charge in [0, 0.05) is 17.5 Å². The molecule has 1 aromatic heterocycles. The minimum absolute atomic E-state index is 0.0862. The summed E-state index contributed by atoms with van der Waals surface area (Å²) in [5, 5.41) is 3.83. The van der Waals surface area contributed by atoms with Crippen LogP contribution in [-0.2, 0) is 0 Å². The first-order valence-corrected chi connectivity index (χ1v) is 9.60. The highest BCUT2D eigenvalue weighted by molar-refractivity contribution is 7.17. The summed E-state index contributed by atoms with van der Waals surface area (Å²) in [5.41, 5.74) is 3.62. The number of rotatable bonds is 3. The monoisotopic (exact) mass is 382 g/mol. The molecule has 2 heterocycles. The van der Waals surface area contributed by atoms with Crippen molar-refractivity contribution in [2.45, 2.75) is 26.3 Å². The Balaban J connectivity index is 1.58. The van der Waals surface area contributed by atoms with Gasteiger partial charge in [0.25, 0.3) is 5.91 Å². The zero-order valence-corrected chi connectivity index (χ0v) is 15.9. The van der Waals surface area contributed by atoms with E-state index in [4.69, 9.17) is 4.74 Å². The highest BCUT2D eigenvalue weighted by Gasteiger charge is 2.25. The summed E-state index contributed by atoms with van der Waals surface area (Å²) in [6.07, 6.45) is 0.727. The Bertz CT molecular complexity index is 998. The van der Waals surface area contributed by atoms with Gasteiger partial charge >= 0.3 is 0 Å². The van der Waals surface area contributed by atoms with Crippen LogP contribution in [0.3, 0.4) is 0 Å². The molecule has 4 nitrogen and oxygen atoms in total. The number of halogens is 1. The molecular weight excluding hydrogens is 363 g/mol. The predicted molar refractivity (Wildman–Crippen MR) is 104 cm³/mol. The summed E-state index contributed by atoms with van der Waals surface area (Å²) in [7, 11) is 0. The minimum atomic E-state index is -0.293. The van der Waals surface area contributed by atoms with Gasteiger partial charge in [0.1, 0.15) is 21.5 Å². The van der Waals surface area contributed by atoms with Crippen molar-refractivity contribution < 1.29 is 13.9 Å². The van der Waals surface area contributed by atoms with Crippen LogP contribution in [0.25, 0.3) is 10.6 Å². The molecule has 2 aromatic carbocycles. The fourth-order valence-corrected chi connectivity index (χ4v) is 4.19. The SMILES string of the molecule is Cc1ccc2c(c1)C(NC(=O)c1sc(-c3ccc(F)cc3)nc1C)CCO2. The number of amides is 1. The van der Waals surface area contributed by atoms with Crippen molar-refractivity contribution in [1.82, 2.24) is 10.3 Å². The van der Waals surface area contributed by atoms with Gasteiger partial charge in [0.05, 0.1) is 18.3 Å². The van der Waals surface area contributed by atoms with E-state index in [1.165, 1.54) is 23.5 Å². The Kier molecular flexibility index (Phi) is 4.66. The maximum atomic E-state index is 13.1. The van der Waals surface area contributed by atoms with Crippen LogP contribution in [0, 0.1) is 19.7 Å². The number of ether oxygens (including phenoxy) is 1. The number of hydrogen-bond donors (Lipinski definition) is 1. The summed E-state index contributed by atoms with van der Waals surface area (Å²) in [4.78, 5) is 18.0. The fourth-order valence-electron chi connectivity index (χ4n) is 3.21. The molecule has 4 rings (SSSR count). The zero-order chi connectivity index (χ0) is 19.0. The Hall–Kier alpha value is -2.73. The fraction of sp³-hybridized carbons (Fsp3) is 0.238. The van der Waals surface area contributed by atoms with Crippen molar-refractivity contribution in [3.05, 3.63) is 70.0 Å². The number of aromatic nitrogens is 1. The maximum absolute atomic E-state index is 13.1. The number of thiazole rings is 1. The molecule has 3 aromatic rings. The van der Waals surface area contributed by atoms with Gasteiger partial charge < -0.3 is 10.1 Å². The zero-order valence-electron chi connectivity index (χ0n) is 15.1. The largest absolute Gasteiger partial charge is 0.493 e. The lowest BCUT2D eigenvalue weighted by Crippen LogP contribution is -2.32. The van der Waals surface area contributed by atoms with Gasteiger partial charge in [-0.25, -0.2) is 9.37 Å². The van der Waals surface area contributed by atoms with E-state index in [2.05, 4.69) is 16.4 Å². The second-order valence-electron chi connectivity index (χ2n) is 6.64. The molecule has 0 fully saturated rings. The molecule has 27 heavy (non-hydrogen) atoms. The molecule has 0 radical (unpaired) electrons. The van der Waals surface area contributed by atoms with E-state index < -0.39 is 0 Å². The summed E-state index contributed by atoms with van der Waals surface area (Å²) in [6.45, 7) is 4.42. The first-order valence-electron chi connectivity index (χ1n) is 8.79. The number of nitrogens with one attached hydrogen (secondary N) is 1. The number of aryl methyl sites for hydroxylation is 2. The van der Waals surface area contributed by atoms with Crippen molar-refractivity contribution in [2.75, 3.05) is 6.61 Å². The molecule has 6 heteroatoms. The molecule has 0 bridgehead atoms. The summed E-state index contributed by atoms with van der Waals surface area (Å²) in [6, 6.07) is 12.1. The molecule has 1 N–H and O–H groups in total. The highest BCUT2D eigenvalue weighted by Crippen LogP contribution is 2.34. The van der Waals surface area contributed by atoms with Crippen molar-refractivity contribution >= 4 is 17.2 Å². The Morgan fingerprint density at radius 3 is 2.78 bits per heavy atom. The first-order chi connectivity index (χ1) is 13.0. The van der Waals surface area contributed by atoms with Crippen molar-refractivity contribution in [3.8, 4) is 16.3 Å². The number of benzene rings is 2. The minimum Gasteiger partial charge on any atom is -0.493 e. The average Bonchev–Trinajstić information content (AvgIpc) is 3.04. The van der Waals surface area contributed by atoms with Gasteiger partial charge in [-0.15, -0.1) is 11.3 Å². The Labute approximate surface area is 161 Å². The number of carbonyl (C=O) groups is 1. The molecule has 0 saturated carbocycles. The number of hydrogen-bond acceptors (Lipinski definition) is 4. The number of nitrogens with zero attached hydrogens (tertiary/aromatic N) is 1. The van der Waals surface area contributed by atoms with E-state index in [9.17, 15) is 9.18 Å². The third kappa shape index (κ3) is 3.57. The van der Waals surface area contributed by atoms with E-state index in [0.29, 0.717) is 22.2 Å². The summed E-state index contributed by atoms with van der Waals surface area (Å²) < 4.78 is 18.8. The Morgan fingerprint density at radius 1 is 1.22 bits per heavy atom. The molecule has 0 saturated heterocycles. The molecule has 138 valence electrons. The molecule has 0 aliphatic carbocycles. The maximum Gasteiger partial charge on any atom is 0.263 e. The lowest BCUT2D eigenvalue weighted by atomic mass is 9.98. The molecule has 1 unspecified atom stereocenters. The van der Waals surface area contributed by atoms with Gasteiger partial charge in [-0.3, -0.25) is 4.79 Å². The third-order valence-corrected chi connectivity index (χ3v) is 5.81. The van der Waals surface area contributed by atoms with Crippen LogP contribution < -0.4 is 10.1 Å². The summed E-state index contributed by atoms with van der Waals surface area (Å²) in [5.74, 6) is 0.390. The second kappa shape index (κ2) is 7.12. The molecule has 1 atom stereocenters. The van der Waals surface area contributed by atoms with Gasteiger partial charge in [-0.05, 0) is 44.2 Å². The second-order valence-corrected chi connectivity index (χ2v) is 7.64. The lowest BCUT2D eigenvalue weighted by Gasteiger charge is -2.27. The van der Waals surface area contributed by atoms with Crippen LogP contribution in [0.5, 0.6) is 5.75 Å². The smallest absolute Gasteiger partial charge is 0.263 e. The van der Waals surface area contributed by atoms with Crippen molar-refractivity contribution in [2.24, 2.45) is 0 Å². The number of carbonyl (C=O) groups excluding carboxylic acids is 1. The molecule has 0 spiro atoms. The normalized spacial score (nSPS) is 15.7. The molecular formula is C21H19FN2O2S. The van der Waals surface area contributed by atoms with Crippen LogP contribution in [0.15, 0.2) is 42.5 Å². The standard InChI is InChI=1S/C21H19FN2O2S/c1-12-3-8-18-16(11-12)17(9-10-26-18)24-20(25)19-13(2)23-21(27-19)14-4-6-15(22)7-5-14/h3-8,11,17H,9-10H2,1-2H3,(H,24,25). The highest BCUT2D eigenvalue weighted by atomic mass is 32.1. The predicted octanol–water partition coefficient (Wildman–Crippen LogP) is 4.82. The van der Waals surface area contributed by atoms with E-state index in [1.807, 2.05) is 26.0 Å². The van der Waals surface area contributed by atoms with E-state index in [1.54, 1.807) is 12.1 Å². The van der Waals surface area contributed by atoms with Crippen molar-refractivity contribution in [1.29, 1.82) is 0 Å². The van der Waals surface area contributed by atoms with Gasteiger partial charge in [-0.2, -0.15) is 0 Å². The van der Waals surface area contributed by atoms with Crippen LogP contribution in [0.2, 0.25) is 0 Å². The lowest BCUT2D eigenvalue weighted by molar-refractivity contribution is 0.0928. The summed E-state index contributed by atoms with van der Waals surface area (Å²) >= 11 is 1.32. The van der Waals surface area contributed by atoms with E-state index in [-0.39, 0.29) is 17.8 Å². The quantitative estimate of drug-likeness (QED) is 0.707. The molecule has 1 amide bonds. The van der Waals surface area contributed by atoms with Crippen LogP contribution in [-0.4, -0.2) is 17.5 Å². The average molecular weight is 382 g/mol. The van der Waals surface area contributed by atoms with E-state index in [0.717, 1.165) is 28.9 Å². The number of fused-ring (bicyclic) bond motifs is 1. The molecule has 1 aliphatic heterocycles. The Morgan fingerprint density at radius 2 is 2.00 bits per heavy atom. The van der Waals surface area contributed by atoms with Crippen LogP contribution in [0.1, 0.15) is 39.0 Å². The van der Waals surface area contributed by atoms with E-state index >= 15 is 0 Å². The van der Waals surface area contributed by atoms with Gasteiger partial charge in [-0.1, -0.05) is 17.7 Å². The van der Waals surface area contributed by atoms with Crippen LogP contribution in [0.4, 0.5) is 4.39 Å². The van der Waals surface area contributed by atoms with Crippen molar-refractivity contribution in [3.63, 3.8) is 0 Å². The molecule has 1 aliphatic rings. The first kappa shape index (κ1) is 17.7.